The van der Waals surface area contributed by atoms with Crippen LogP contribution < -0.4 is 5.32 Å². The summed E-state index contributed by atoms with van der Waals surface area (Å²) in [5.41, 5.74) is 0.763. The maximum atomic E-state index is 13.8. The van der Waals surface area contributed by atoms with Crippen molar-refractivity contribution in [2.24, 2.45) is 28.8 Å². The highest BCUT2D eigenvalue weighted by molar-refractivity contribution is 7.89. The molecule has 2 fully saturated rings. The van der Waals surface area contributed by atoms with Crippen molar-refractivity contribution in [3.05, 3.63) is 41.3 Å². The van der Waals surface area contributed by atoms with Crippen LogP contribution >= 0.6 is 0 Å². The zero-order valence-electron chi connectivity index (χ0n) is 25.1. The Morgan fingerprint density at radius 2 is 1.12 bits per heavy atom. The van der Waals surface area contributed by atoms with E-state index in [0.717, 1.165) is 19.3 Å². The quantitative estimate of drug-likeness (QED) is 0.227. The van der Waals surface area contributed by atoms with E-state index in [9.17, 15) is 21.7 Å². The van der Waals surface area contributed by atoms with Gasteiger partial charge in [-0.15, -0.1) is 4.91 Å². The summed E-state index contributed by atoms with van der Waals surface area (Å²) in [4.78, 5) is 12.5. The van der Waals surface area contributed by atoms with Crippen LogP contribution in [0.4, 0.5) is 11.4 Å². The molecule has 2 aliphatic heterocycles. The average molecular weight is 615 g/mol. The Morgan fingerprint density at radius 3 is 1.48 bits per heavy atom. The number of nitrogens with zero attached hydrogens (tertiary/aromatic N) is 3. The van der Waals surface area contributed by atoms with Crippen LogP contribution in [0.15, 0.2) is 51.4 Å². The lowest BCUT2D eigenvalue weighted by Gasteiger charge is -2.34. The number of sulfonamides is 2. The normalized spacial score (nSPS) is 24.7. The first-order valence-electron chi connectivity index (χ1n) is 15.0. The highest BCUT2D eigenvalue weighted by Gasteiger charge is 2.34. The van der Waals surface area contributed by atoms with Crippen molar-refractivity contribution in [3.63, 3.8) is 0 Å². The maximum Gasteiger partial charge on any atom is 0.243 e. The van der Waals surface area contributed by atoms with Gasteiger partial charge in [-0.1, -0.05) is 46.8 Å². The van der Waals surface area contributed by atoms with Crippen LogP contribution in [0.25, 0.3) is 21.5 Å². The number of nitrogens with one attached hydrogen (secondary N) is 1. The van der Waals surface area contributed by atoms with Crippen molar-refractivity contribution in [1.82, 2.24) is 8.61 Å². The molecule has 0 aromatic heterocycles. The smallest absolute Gasteiger partial charge is 0.243 e. The fourth-order valence-electron chi connectivity index (χ4n) is 6.93. The molecule has 2 saturated heterocycles. The van der Waals surface area contributed by atoms with Gasteiger partial charge in [0.2, 0.25) is 20.0 Å². The molecule has 4 atom stereocenters. The molecule has 0 unspecified atom stereocenters. The van der Waals surface area contributed by atoms with Crippen molar-refractivity contribution in [2.75, 3.05) is 38.0 Å². The highest BCUT2D eigenvalue weighted by Crippen LogP contribution is 2.44. The maximum absolute atomic E-state index is 13.8. The molecule has 11 heteroatoms. The van der Waals surface area contributed by atoms with Crippen molar-refractivity contribution >= 4 is 53.0 Å². The molecule has 42 heavy (non-hydrogen) atoms. The summed E-state index contributed by atoms with van der Waals surface area (Å²) in [5.74, 6) is 1.03. The van der Waals surface area contributed by atoms with E-state index in [1.54, 1.807) is 45.0 Å². The molecular formula is C31H42N4O5S2. The Balaban J connectivity index is 1.71. The number of benzene rings is 3. The first-order chi connectivity index (χ1) is 19.9. The Bertz CT molecular complexity index is 1590. The Kier molecular flexibility index (Phi) is 8.68. The first kappa shape index (κ1) is 30.8. The minimum Gasteiger partial charge on any atom is -0.384 e. The van der Waals surface area contributed by atoms with Gasteiger partial charge in [0.25, 0.3) is 0 Å². The van der Waals surface area contributed by atoms with Crippen LogP contribution in [-0.2, 0) is 20.0 Å². The largest absolute Gasteiger partial charge is 0.384 e. The average Bonchev–Trinajstić information content (AvgIpc) is 2.93. The summed E-state index contributed by atoms with van der Waals surface area (Å²) in [6.45, 7) is 12.7. The Labute approximate surface area is 249 Å². The van der Waals surface area contributed by atoms with Crippen LogP contribution in [0.3, 0.4) is 0 Å². The van der Waals surface area contributed by atoms with Gasteiger partial charge >= 0.3 is 0 Å². The van der Waals surface area contributed by atoms with Crippen molar-refractivity contribution in [3.8, 4) is 0 Å². The number of anilines is 1. The lowest BCUT2D eigenvalue weighted by Crippen LogP contribution is -2.42. The van der Waals surface area contributed by atoms with Gasteiger partial charge in [0, 0.05) is 54.3 Å². The summed E-state index contributed by atoms with van der Waals surface area (Å²) in [7, 11) is -7.58. The number of fused-ring (bicyclic) bond motifs is 2. The molecule has 9 nitrogen and oxygen atoms in total. The van der Waals surface area contributed by atoms with Gasteiger partial charge in [-0.3, -0.25) is 0 Å². The molecule has 0 radical (unpaired) electrons. The van der Waals surface area contributed by atoms with E-state index in [0.29, 0.717) is 60.0 Å². The second kappa shape index (κ2) is 11.8. The van der Waals surface area contributed by atoms with E-state index in [-0.39, 0.29) is 39.1 Å². The van der Waals surface area contributed by atoms with Gasteiger partial charge in [-0.2, -0.15) is 8.61 Å². The van der Waals surface area contributed by atoms with E-state index in [2.05, 4.69) is 38.2 Å². The molecule has 0 bridgehead atoms. The van der Waals surface area contributed by atoms with Crippen molar-refractivity contribution < 1.29 is 16.8 Å². The molecule has 0 spiro atoms. The van der Waals surface area contributed by atoms with E-state index < -0.39 is 20.0 Å². The number of rotatable bonds is 8. The van der Waals surface area contributed by atoms with Crippen LogP contribution in [0.2, 0.25) is 0 Å². The molecule has 1 N–H and O–H groups in total. The van der Waals surface area contributed by atoms with Gasteiger partial charge in [0.05, 0.1) is 15.5 Å². The van der Waals surface area contributed by atoms with Gasteiger partial charge < -0.3 is 5.32 Å². The number of piperidine rings is 2. The monoisotopic (exact) mass is 614 g/mol. The molecule has 0 aliphatic carbocycles. The van der Waals surface area contributed by atoms with E-state index in [1.165, 1.54) is 0 Å². The Hall–Kier alpha value is -2.60. The van der Waals surface area contributed by atoms with Crippen LogP contribution in [0.5, 0.6) is 0 Å². The van der Waals surface area contributed by atoms with Gasteiger partial charge in [0.1, 0.15) is 5.69 Å². The molecule has 3 aromatic carbocycles. The van der Waals surface area contributed by atoms with E-state index in [4.69, 9.17) is 0 Å². The van der Waals surface area contributed by atoms with Gasteiger partial charge in [-0.25, -0.2) is 16.8 Å². The van der Waals surface area contributed by atoms with Crippen LogP contribution in [0.1, 0.15) is 53.9 Å². The minimum atomic E-state index is -3.79. The predicted molar refractivity (Wildman–Crippen MR) is 169 cm³/mol. The van der Waals surface area contributed by atoms with Crippen LogP contribution in [-0.4, -0.2) is 58.2 Å². The molecule has 2 aliphatic rings. The third-order valence-corrected chi connectivity index (χ3v) is 12.3. The molecule has 3 aromatic rings. The summed E-state index contributed by atoms with van der Waals surface area (Å²) < 4.78 is 58.4. The Morgan fingerprint density at radius 1 is 0.714 bits per heavy atom. The van der Waals surface area contributed by atoms with E-state index in [1.807, 2.05) is 6.92 Å². The number of hydrogen-bond acceptors (Lipinski definition) is 7. The third kappa shape index (κ3) is 5.68. The summed E-state index contributed by atoms with van der Waals surface area (Å²) in [5, 5.41) is 8.86. The van der Waals surface area contributed by atoms with E-state index >= 15 is 0 Å². The zero-order valence-corrected chi connectivity index (χ0v) is 26.8. The molecule has 228 valence electrons. The lowest BCUT2D eigenvalue weighted by atomic mass is 9.94. The SMILES string of the molecule is CCCNc1c2cc(S(=O)(=O)N3C[C@H](C)C[C@H](C)C3)ccc2c(N=O)c2ccc(S(=O)(=O)N3C[C@H](C)C[C@H](C)C3)cc12. The second-order valence-electron chi connectivity index (χ2n) is 12.7. The zero-order chi connectivity index (χ0) is 30.4. The molecule has 2 heterocycles. The van der Waals surface area contributed by atoms with Crippen molar-refractivity contribution in [2.45, 2.75) is 63.7 Å². The van der Waals surface area contributed by atoms with Gasteiger partial charge in [0.15, 0.2) is 0 Å². The standard InChI is InChI=1S/C31H42N4O5S2/c1-6-11-32-30-28-14-24(41(37,38)34-16-20(2)12-21(3)17-34)7-9-26(28)31(33-36)27-10-8-25(15-29(27)30)42(39,40)35-18-22(4)13-23(5)19-35/h7-10,14-15,20-23,32H,6,11-13,16-19H2,1-5H3/t20-,21+,22-,23+. The third-order valence-electron chi connectivity index (χ3n) is 8.62. The molecule has 0 saturated carbocycles. The topological polar surface area (TPSA) is 116 Å². The minimum absolute atomic E-state index is 0.145. The fourth-order valence-corrected chi connectivity index (χ4v) is 10.3. The number of nitroso groups, excluding NO2 is 1. The lowest BCUT2D eigenvalue weighted by molar-refractivity contribution is 0.222. The second-order valence-corrected chi connectivity index (χ2v) is 16.6. The summed E-state index contributed by atoms with van der Waals surface area (Å²) in [6.07, 6.45) is 2.76. The van der Waals surface area contributed by atoms with Crippen molar-refractivity contribution in [1.29, 1.82) is 0 Å². The molecule has 5 rings (SSSR count). The molecular weight excluding hydrogens is 572 g/mol. The summed E-state index contributed by atoms with van der Waals surface area (Å²) in [6, 6.07) is 9.60. The molecule has 0 amide bonds. The predicted octanol–water partition coefficient (Wildman–Crippen LogP) is 6.55. The summed E-state index contributed by atoms with van der Waals surface area (Å²) >= 11 is 0. The highest BCUT2D eigenvalue weighted by atomic mass is 32.2. The van der Waals surface area contributed by atoms with Gasteiger partial charge in [-0.05, 0) is 72.4 Å². The fraction of sp³-hybridized carbons (Fsp3) is 0.548. The van der Waals surface area contributed by atoms with Crippen LogP contribution in [0, 0.1) is 28.6 Å². The number of hydrogen-bond donors (Lipinski definition) is 1. The first-order valence-corrected chi connectivity index (χ1v) is 17.9.